The van der Waals surface area contributed by atoms with Gasteiger partial charge in [0.1, 0.15) is 33.5 Å². The first-order valence-corrected chi connectivity index (χ1v) is 21.4. The van der Waals surface area contributed by atoms with Gasteiger partial charge in [-0.25, -0.2) is 13.8 Å². The molecule has 1 fully saturated rings. The molecule has 56 heavy (non-hydrogen) atoms. The van der Waals surface area contributed by atoms with E-state index in [1.165, 1.54) is 58.4 Å². The normalized spacial score (nSPS) is 15.5. The van der Waals surface area contributed by atoms with E-state index in [1.54, 1.807) is 6.92 Å². The zero-order valence-electron chi connectivity index (χ0n) is 31.8. The van der Waals surface area contributed by atoms with E-state index in [9.17, 15) is 19.2 Å². The van der Waals surface area contributed by atoms with Crippen molar-refractivity contribution < 1.29 is 23.5 Å². The van der Waals surface area contributed by atoms with Crippen molar-refractivity contribution in [3.63, 3.8) is 0 Å². The number of rotatable bonds is 14. The van der Waals surface area contributed by atoms with Gasteiger partial charge in [0, 0.05) is 24.3 Å². The Labute approximate surface area is 328 Å². The second-order valence-corrected chi connectivity index (χ2v) is 19.6. The van der Waals surface area contributed by atoms with Crippen LogP contribution < -0.4 is 31.7 Å². The number of nitrogens with zero attached hydrogens (tertiary/aromatic N) is 5. The highest BCUT2D eigenvalue weighted by atomic mass is 32.1. The highest BCUT2D eigenvalue weighted by molar-refractivity contribution is 7.21. The van der Waals surface area contributed by atoms with Crippen LogP contribution in [0.5, 0.6) is 5.75 Å². The molecule has 3 aromatic heterocycles. The molecule has 12 nitrogen and oxygen atoms in total. The van der Waals surface area contributed by atoms with Crippen molar-refractivity contribution in [2.45, 2.75) is 70.2 Å². The second kappa shape index (κ2) is 16.1. The molecule has 0 radical (unpaired) electrons. The first kappa shape index (κ1) is 39.0. The van der Waals surface area contributed by atoms with Crippen molar-refractivity contribution in [2.75, 3.05) is 20.3 Å². The summed E-state index contributed by atoms with van der Waals surface area (Å²) in [5.74, 6) is -0.558. The van der Waals surface area contributed by atoms with Crippen LogP contribution >= 0.6 is 11.3 Å². The summed E-state index contributed by atoms with van der Waals surface area (Å²) in [6, 6.07) is 22.7. The zero-order valence-corrected chi connectivity index (χ0v) is 33.6. The number of amides is 1. The molecule has 1 aliphatic heterocycles. The number of piperidine rings is 1. The third kappa shape index (κ3) is 7.15. The topological polar surface area (TPSA) is 142 Å². The molecule has 0 unspecified atom stereocenters. The van der Waals surface area contributed by atoms with Gasteiger partial charge in [-0.3, -0.25) is 14.2 Å². The van der Waals surface area contributed by atoms with Crippen LogP contribution in [-0.4, -0.2) is 63.4 Å². The lowest BCUT2D eigenvalue weighted by atomic mass is 10.1. The first-order valence-electron chi connectivity index (χ1n) is 18.7. The van der Waals surface area contributed by atoms with Crippen LogP contribution in [0.25, 0.3) is 15.2 Å². The maximum absolute atomic E-state index is 15.0. The molecule has 2 atom stereocenters. The second-order valence-electron chi connectivity index (χ2n) is 14.7. The van der Waals surface area contributed by atoms with Crippen molar-refractivity contribution in [2.24, 2.45) is 0 Å². The van der Waals surface area contributed by atoms with E-state index in [1.807, 2.05) is 60.7 Å². The number of benzene rings is 3. The predicted molar refractivity (Wildman–Crippen MR) is 216 cm³/mol. The number of aromatic nitrogens is 5. The number of thiophene rings is 1. The lowest BCUT2D eigenvalue weighted by Gasteiger charge is -2.41. The molecule has 0 spiro atoms. The van der Waals surface area contributed by atoms with E-state index < -0.39 is 48.5 Å². The number of fused-ring (bicyclic) bond motifs is 1. The van der Waals surface area contributed by atoms with E-state index >= 15 is 4.39 Å². The molecule has 1 amide bonds. The highest BCUT2D eigenvalue weighted by Gasteiger charge is 2.49. The summed E-state index contributed by atoms with van der Waals surface area (Å²) in [7, 11) is -1.82. The average Bonchev–Trinajstić information content (AvgIpc) is 3.86. The molecule has 4 heterocycles. The molecule has 3 aromatic carbocycles. The van der Waals surface area contributed by atoms with Gasteiger partial charge in [0.25, 0.3) is 13.9 Å². The lowest BCUT2D eigenvalue weighted by molar-refractivity contribution is -0.126. The minimum atomic E-state index is -3.30. The summed E-state index contributed by atoms with van der Waals surface area (Å²) in [4.78, 5) is 56.5. The summed E-state index contributed by atoms with van der Waals surface area (Å²) in [6.45, 7) is 6.44. The van der Waals surface area contributed by atoms with Crippen LogP contribution in [0, 0.1) is 12.7 Å². The summed E-state index contributed by atoms with van der Waals surface area (Å²) in [6.07, 6.45) is 4.14. The average molecular weight is 797 g/mol. The number of nitrogens with one attached hydrogen (secondary N) is 1. The molecular weight excluding hydrogens is 752 g/mol. The van der Waals surface area contributed by atoms with E-state index in [-0.39, 0.29) is 18.5 Å². The molecule has 0 bridgehead atoms. The Bertz CT molecular complexity index is 2410. The van der Waals surface area contributed by atoms with Gasteiger partial charge in [-0.05, 0) is 66.2 Å². The molecular formula is C41H45FN6O6SSi. The standard InChI is InChI=1S/C41H45FN6O6SSi/c1-27-35-37(50)47(32-17-11-21-43-36(32)49)40(51)46(39(35)55-38(27)48-44-22-23-45-48)26-34(31-25-28(42)18-19-33(31)53-4)54-24-12-20-41(2,3)56(52,29-13-7-5-8-14-29)30-15-9-6-10-16-30/h5-10,13-16,18-19,22-23,25,32,34,52H,11-12,17,20-21,24,26H2,1-4H3,(H,43,49)/t32-,34+/m1/s1. The molecule has 6 aromatic rings. The molecule has 1 aliphatic rings. The van der Waals surface area contributed by atoms with Crippen LogP contribution in [0.15, 0.2) is 101 Å². The minimum absolute atomic E-state index is 0.133. The van der Waals surface area contributed by atoms with Gasteiger partial charge in [-0.15, -0.1) is 4.80 Å². The van der Waals surface area contributed by atoms with Gasteiger partial charge in [-0.2, -0.15) is 10.2 Å². The Balaban J connectivity index is 1.28. The Morgan fingerprint density at radius 1 is 1.02 bits per heavy atom. The van der Waals surface area contributed by atoms with Crippen LogP contribution in [-0.2, 0) is 16.1 Å². The van der Waals surface area contributed by atoms with Crippen molar-refractivity contribution in [1.29, 1.82) is 0 Å². The number of carbonyl (C=O) groups excluding carboxylic acids is 1. The zero-order chi connectivity index (χ0) is 39.6. The number of aryl methyl sites for hydroxylation is 1. The van der Waals surface area contributed by atoms with Gasteiger partial charge in [-0.1, -0.05) is 85.8 Å². The summed E-state index contributed by atoms with van der Waals surface area (Å²) in [5, 5.41) is 13.4. The van der Waals surface area contributed by atoms with Crippen LogP contribution in [0.3, 0.4) is 0 Å². The molecule has 7 rings (SSSR count). The number of halogens is 1. The van der Waals surface area contributed by atoms with Gasteiger partial charge in [0.2, 0.25) is 5.91 Å². The maximum atomic E-state index is 15.0. The van der Waals surface area contributed by atoms with Crippen molar-refractivity contribution in [3.8, 4) is 10.8 Å². The molecule has 1 saturated heterocycles. The van der Waals surface area contributed by atoms with E-state index in [0.29, 0.717) is 58.9 Å². The number of methoxy groups -OCH3 is 1. The summed E-state index contributed by atoms with van der Waals surface area (Å²) in [5.41, 5.74) is -0.326. The smallest absolute Gasteiger partial charge is 0.332 e. The van der Waals surface area contributed by atoms with E-state index in [0.717, 1.165) is 14.9 Å². The maximum Gasteiger partial charge on any atom is 0.332 e. The first-order chi connectivity index (χ1) is 27.0. The fraction of sp³-hybridized carbons (Fsp3) is 0.341. The molecule has 2 N–H and O–H groups in total. The third-order valence-corrected chi connectivity index (χ3v) is 16.7. The van der Waals surface area contributed by atoms with Crippen molar-refractivity contribution in [1.82, 2.24) is 29.4 Å². The molecule has 0 aliphatic carbocycles. The summed E-state index contributed by atoms with van der Waals surface area (Å²) < 4.78 is 29.8. The summed E-state index contributed by atoms with van der Waals surface area (Å²) >= 11 is 1.18. The molecule has 15 heteroatoms. The fourth-order valence-corrected chi connectivity index (χ4v) is 12.9. The number of hydrogen-bond acceptors (Lipinski definition) is 9. The molecule has 0 saturated carbocycles. The Morgan fingerprint density at radius 3 is 2.30 bits per heavy atom. The van der Waals surface area contributed by atoms with Crippen LogP contribution in [0.2, 0.25) is 5.04 Å². The van der Waals surface area contributed by atoms with Gasteiger partial charge >= 0.3 is 5.69 Å². The quantitative estimate of drug-likeness (QED) is 0.119. The number of ether oxygens (including phenoxy) is 2. The van der Waals surface area contributed by atoms with Crippen molar-refractivity contribution in [3.05, 3.63) is 129 Å². The van der Waals surface area contributed by atoms with Gasteiger partial charge in [0.15, 0.2) is 0 Å². The lowest BCUT2D eigenvalue weighted by Crippen LogP contribution is -2.65. The monoisotopic (exact) mass is 796 g/mol. The van der Waals surface area contributed by atoms with E-state index in [4.69, 9.17) is 9.47 Å². The number of carbonyl (C=O) groups is 1. The SMILES string of the molecule is COc1ccc(F)cc1[C@H](Cn1c(=O)n([C@@H]2CCCNC2=O)c(=O)c2c(C)c(-n3nccn3)sc21)OCCCC(C)(C)[Si](O)(c1ccccc1)c1ccccc1. The highest BCUT2D eigenvalue weighted by Crippen LogP contribution is 2.40. The van der Waals surface area contributed by atoms with Crippen LogP contribution in [0.4, 0.5) is 4.39 Å². The largest absolute Gasteiger partial charge is 0.496 e. The third-order valence-electron chi connectivity index (χ3n) is 10.9. The Hall–Kier alpha value is -5.22. The predicted octanol–water partition coefficient (Wildman–Crippen LogP) is 4.78. The minimum Gasteiger partial charge on any atom is -0.496 e. The number of hydrogen-bond donors (Lipinski definition) is 2. The van der Waals surface area contributed by atoms with Crippen molar-refractivity contribution >= 4 is 46.2 Å². The fourth-order valence-electron chi connectivity index (χ4n) is 7.89. The Kier molecular flexibility index (Phi) is 11.2. The van der Waals surface area contributed by atoms with E-state index in [2.05, 4.69) is 29.4 Å². The van der Waals surface area contributed by atoms with Crippen LogP contribution in [0.1, 0.15) is 62.8 Å². The Morgan fingerprint density at radius 2 is 1.68 bits per heavy atom. The van der Waals surface area contributed by atoms with Gasteiger partial charge < -0.3 is 19.6 Å². The molecule has 292 valence electrons. The van der Waals surface area contributed by atoms with Gasteiger partial charge in [0.05, 0.1) is 31.4 Å².